The molecule has 0 radical (unpaired) electrons. The van der Waals surface area contributed by atoms with Gasteiger partial charge in [0.05, 0.1) is 22.1 Å². The molecule has 0 aromatic heterocycles. The highest BCUT2D eigenvalue weighted by atomic mass is 35.5. The van der Waals surface area contributed by atoms with Gasteiger partial charge in [-0.1, -0.05) is 11.6 Å². The van der Waals surface area contributed by atoms with Gasteiger partial charge in [-0.25, -0.2) is 0 Å². The van der Waals surface area contributed by atoms with Crippen molar-refractivity contribution in [1.29, 1.82) is 5.26 Å². The standard InChI is InChI=1S/C16H12ClN3O4/c1-2-24-15-6-4-10(7-14(15)20(22)23)16(21)19-12-5-3-11(9-18)13(17)8-12/h3-8H,2H2,1H3,(H,19,21). The molecule has 0 saturated heterocycles. The Morgan fingerprint density at radius 1 is 1.38 bits per heavy atom. The zero-order valence-electron chi connectivity index (χ0n) is 12.6. The molecule has 1 amide bonds. The Kier molecular flexibility index (Phi) is 5.35. The summed E-state index contributed by atoms with van der Waals surface area (Å²) in [6, 6.07) is 10.3. The number of amides is 1. The van der Waals surface area contributed by atoms with Gasteiger partial charge in [0.25, 0.3) is 5.91 Å². The number of nitrogens with one attached hydrogen (secondary N) is 1. The van der Waals surface area contributed by atoms with Crippen molar-refractivity contribution in [2.45, 2.75) is 6.92 Å². The molecule has 0 atom stereocenters. The summed E-state index contributed by atoms with van der Waals surface area (Å²) in [7, 11) is 0. The molecule has 0 heterocycles. The van der Waals surface area contributed by atoms with Gasteiger partial charge in [-0.05, 0) is 37.3 Å². The molecule has 8 heteroatoms. The predicted molar refractivity (Wildman–Crippen MR) is 88.4 cm³/mol. The molecule has 0 aliphatic rings. The van der Waals surface area contributed by atoms with Crippen LogP contribution in [-0.2, 0) is 0 Å². The van der Waals surface area contributed by atoms with Crippen LogP contribution in [0.15, 0.2) is 36.4 Å². The van der Waals surface area contributed by atoms with Crippen LogP contribution in [0.25, 0.3) is 0 Å². The third-order valence-electron chi connectivity index (χ3n) is 3.07. The molecule has 0 fully saturated rings. The first-order chi connectivity index (χ1) is 11.5. The van der Waals surface area contributed by atoms with Crippen molar-refractivity contribution in [1.82, 2.24) is 0 Å². The van der Waals surface area contributed by atoms with E-state index in [-0.39, 0.29) is 34.2 Å². The van der Waals surface area contributed by atoms with E-state index >= 15 is 0 Å². The summed E-state index contributed by atoms with van der Waals surface area (Å²) in [5.74, 6) is -0.442. The average Bonchev–Trinajstić information content (AvgIpc) is 2.55. The number of carbonyl (C=O) groups excluding carboxylic acids is 1. The molecule has 0 bridgehead atoms. The highest BCUT2D eigenvalue weighted by Crippen LogP contribution is 2.28. The van der Waals surface area contributed by atoms with Crippen LogP contribution in [0.4, 0.5) is 11.4 Å². The lowest BCUT2D eigenvalue weighted by Gasteiger charge is -2.08. The van der Waals surface area contributed by atoms with Crippen LogP contribution in [-0.4, -0.2) is 17.4 Å². The van der Waals surface area contributed by atoms with Crippen LogP contribution in [0.1, 0.15) is 22.8 Å². The van der Waals surface area contributed by atoms with Gasteiger partial charge in [-0.15, -0.1) is 0 Å². The monoisotopic (exact) mass is 345 g/mol. The quantitative estimate of drug-likeness (QED) is 0.655. The molecule has 24 heavy (non-hydrogen) atoms. The molecule has 0 aliphatic carbocycles. The van der Waals surface area contributed by atoms with Crippen LogP contribution in [0.2, 0.25) is 5.02 Å². The molecule has 2 aromatic carbocycles. The highest BCUT2D eigenvalue weighted by Gasteiger charge is 2.18. The van der Waals surface area contributed by atoms with E-state index in [1.807, 2.05) is 6.07 Å². The van der Waals surface area contributed by atoms with E-state index in [0.717, 1.165) is 6.07 Å². The second-order valence-corrected chi connectivity index (χ2v) is 5.04. The molecule has 0 spiro atoms. The van der Waals surface area contributed by atoms with E-state index in [1.165, 1.54) is 30.3 Å². The van der Waals surface area contributed by atoms with Crippen molar-refractivity contribution in [3.05, 3.63) is 62.7 Å². The Labute approximate surface area is 142 Å². The van der Waals surface area contributed by atoms with Crippen molar-refractivity contribution in [3.8, 4) is 11.8 Å². The van der Waals surface area contributed by atoms with Crippen molar-refractivity contribution in [3.63, 3.8) is 0 Å². The number of halogens is 1. The molecule has 7 nitrogen and oxygen atoms in total. The summed E-state index contributed by atoms with van der Waals surface area (Å²) in [6.07, 6.45) is 0. The van der Waals surface area contributed by atoms with Gasteiger partial charge < -0.3 is 10.1 Å². The molecule has 1 N–H and O–H groups in total. The Bertz CT molecular complexity index is 846. The number of anilines is 1. The Morgan fingerprint density at radius 2 is 2.12 bits per heavy atom. The van der Waals surface area contributed by atoms with E-state index in [1.54, 1.807) is 6.92 Å². The summed E-state index contributed by atoms with van der Waals surface area (Å²) in [5, 5.41) is 22.7. The van der Waals surface area contributed by atoms with Gasteiger partial charge >= 0.3 is 5.69 Å². The first-order valence-corrected chi connectivity index (χ1v) is 7.26. The Hall–Kier alpha value is -3.11. The number of rotatable bonds is 5. The van der Waals surface area contributed by atoms with Crippen molar-refractivity contribution < 1.29 is 14.5 Å². The summed E-state index contributed by atoms with van der Waals surface area (Å²) in [4.78, 5) is 22.7. The maximum absolute atomic E-state index is 12.2. The van der Waals surface area contributed by atoms with E-state index in [4.69, 9.17) is 21.6 Å². The number of carbonyl (C=O) groups is 1. The minimum absolute atomic E-state index is 0.0977. The fourth-order valence-electron chi connectivity index (χ4n) is 1.97. The van der Waals surface area contributed by atoms with Crippen molar-refractivity contribution >= 4 is 28.9 Å². The zero-order valence-corrected chi connectivity index (χ0v) is 13.3. The van der Waals surface area contributed by atoms with Gasteiger partial charge in [0.15, 0.2) is 5.75 Å². The van der Waals surface area contributed by atoms with Gasteiger partial charge in [0, 0.05) is 17.3 Å². The maximum Gasteiger partial charge on any atom is 0.311 e. The predicted octanol–water partition coefficient (Wildman–Crippen LogP) is 3.77. The van der Waals surface area contributed by atoms with Crippen LogP contribution >= 0.6 is 11.6 Å². The van der Waals surface area contributed by atoms with E-state index in [2.05, 4.69) is 5.32 Å². The number of hydrogen-bond donors (Lipinski definition) is 1. The molecule has 0 unspecified atom stereocenters. The summed E-state index contributed by atoms with van der Waals surface area (Å²) < 4.78 is 5.17. The highest BCUT2D eigenvalue weighted by molar-refractivity contribution is 6.32. The van der Waals surface area contributed by atoms with E-state index in [9.17, 15) is 14.9 Å². The van der Waals surface area contributed by atoms with Gasteiger partial charge in [0.2, 0.25) is 0 Å². The zero-order chi connectivity index (χ0) is 17.7. The molecule has 0 aliphatic heterocycles. The van der Waals surface area contributed by atoms with E-state index in [0.29, 0.717) is 5.69 Å². The lowest BCUT2D eigenvalue weighted by atomic mass is 10.1. The Morgan fingerprint density at radius 3 is 2.71 bits per heavy atom. The third kappa shape index (κ3) is 3.80. The Balaban J connectivity index is 2.27. The van der Waals surface area contributed by atoms with Gasteiger partial charge in [-0.2, -0.15) is 5.26 Å². The number of nitrogens with zero attached hydrogens (tertiary/aromatic N) is 2. The van der Waals surface area contributed by atoms with Crippen molar-refractivity contribution in [2.75, 3.05) is 11.9 Å². The topological polar surface area (TPSA) is 105 Å². The van der Waals surface area contributed by atoms with Crippen LogP contribution in [0, 0.1) is 21.4 Å². The average molecular weight is 346 g/mol. The molecule has 2 rings (SSSR count). The lowest BCUT2D eigenvalue weighted by Crippen LogP contribution is -2.12. The van der Waals surface area contributed by atoms with Crippen molar-refractivity contribution in [2.24, 2.45) is 0 Å². The van der Waals surface area contributed by atoms with Crippen LogP contribution < -0.4 is 10.1 Å². The normalized spacial score (nSPS) is 9.88. The third-order valence-corrected chi connectivity index (χ3v) is 3.38. The molecular formula is C16H12ClN3O4. The molecular weight excluding hydrogens is 334 g/mol. The second kappa shape index (κ2) is 7.44. The van der Waals surface area contributed by atoms with Crippen LogP contribution in [0.3, 0.4) is 0 Å². The number of nitriles is 1. The lowest BCUT2D eigenvalue weighted by molar-refractivity contribution is -0.385. The van der Waals surface area contributed by atoms with Gasteiger partial charge in [-0.3, -0.25) is 14.9 Å². The minimum atomic E-state index is -0.611. The largest absolute Gasteiger partial charge is 0.487 e. The number of hydrogen-bond acceptors (Lipinski definition) is 5. The fraction of sp³-hybridized carbons (Fsp3) is 0.125. The SMILES string of the molecule is CCOc1ccc(C(=O)Nc2ccc(C#N)c(Cl)c2)cc1[N+](=O)[O-]. The number of ether oxygens (including phenoxy) is 1. The minimum Gasteiger partial charge on any atom is -0.487 e. The van der Waals surface area contributed by atoms with Gasteiger partial charge in [0.1, 0.15) is 6.07 Å². The second-order valence-electron chi connectivity index (χ2n) is 4.63. The first-order valence-electron chi connectivity index (χ1n) is 6.88. The summed E-state index contributed by atoms with van der Waals surface area (Å²) >= 11 is 5.90. The molecule has 2 aromatic rings. The number of benzene rings is 2. The fourth-order valence-corrected chi connectivity index (χ4v) is 2.19. The van der Waals surface area contributed by atoms with Crippen LogP contribution in [0.5, 0.6) is 5.75 Å². The first kappa shape index (κ1) is 17.2. The van der Waals surface area contributed by atoms with E-state index < -0.39 is 10.8 Å². The number of nitro groups is 1. The number of nitro benzene ring substituents is 1. The molecule has 122 valence electrons. The summed E-state index contributed by atoms with van der Waals surface area (Å²) in [5.41, 5.74) is 0.472. The maximum atomic E-state index is 12.2. The smallest absolute Gasteiger partial charge is 0.311 e. The molecule has 0 saturated carbocycles. The summed E-state index contributed by atoms with van der Waals surface area (Å²) in [6.45, 7) is 1.98.